The standard InChI is InChI=1S/C20H15NO4/c22-16(18-8-13-3-1-2-4-17(13)25-18)10-15-14-9-20-19(23-11-24-20)7-12(14)5-6-21-15/h1-4,7-10,21H,5-6,11H2. The Hall–Kier alpha value is -3.21. The zero-order valence-electron chi connectivity index (χ0n) is 13.4. The molecular weight excluding hydrogens is 318 g/mol. The van der Waals surface area contributed by atoms with Crippen LogP contribution < -0.4 is 14.8 Å². The summed E-state index contributed by atoms with van der Waals surface area (Å²) >= 11 is 0. The molecule has 1 N–H and O–H groups in total. The van der Waals surface area contributed by atoms with Gasteiger partial charge in [-0.1, -0.05) is 18.2 Å². The van der Waals surface area contributed by atoms with Gasteiger partial charge in [-0.15, -0.1) is 0 Å². The first kappa shape index (κ1) is 14.2. The summed E-state index contributed by atoms with van der Waals surface area (Å²) in [6.45, 7) is 1.01. The molecule has 0 aliphatic carbocycles. The van der Waals surface area contributed by atoms with E-state index in [1.54, 1.807) is 12.1 Å². The fraction of sp³-hybridized carbons (Fsp3) is 0.150. The van der Waals surface area contributed by atoms with E-state index in [1.807, 2.05) is 36.4 Å². The average molecular weight is 333 g/mol. The van der Waals surface area contributed by atoms with Crippen LogP contribution in [0.25, 0.3) is 16.7 Å². The van der Waals surface area contributed by atoms with Crippen LogP contribution in [-0.4, -0.2) is 19.1 Å². The number of furan rings is 1. The number of carbonyl (C=O) groups excluding carboxylic acids is 1. The Morgan fingerprint density at radius 2 is 1.92 bits per heavy atom. The normalized spacial score (nSPS) is 16.7. The van der Waals surface area contributed by atoms with E-state index in [9.17, 15) is 4.79 Å². The van der Waals surface area contributed by atoms with Gasteiger partial charge in [0.25, 0.3) is 0 Å². The van der Waals surface area contributed by atoms with Gasteiger partial charge in [0.2, 0.25) is 12.6 Å². The maximum absolute atomic E-state index is 12.7. The van der Waals surface area contributed by atoms with Crippen LogP contribution >= 0.6 is 0 Å². The van der Waals surface area contributed by atoms with Crippen molar-refractivity contribution in [2.75, 3.05) is 13.3 Å². The van der Waals surface area contributed by atoms with Crippen molar-refractivity contribution in [1.82, 2.24) is 5.32 Å². The number of fused-ring (bicyclic) bond motifs is 3. The van der Waals surface area contributed by atoms with E-state index in [-0.39, 0.29) is 12.6 Å². The first-order valence-corrected chi connectivity index (χ1v) is 8.19. The smallest absolute Gasteiger partial charge is 0.231 e. The molecular formula is C20H15NO4. The lowest BCUT2D eigenvalue weighted by atomic mass is 9.96. The number of benzene rings is 2. The Labute approximate surface area is 143 Å². The predicted octanol–water partition coefficient (Wildman–Crippen LogP) is 3.53. The Morgan fingerprint density at radius 1 is 1.08 bits per heavy atom. The van der Waals surface area contributed by atoms with Gasteiger partial charge in [0, 0.05) is 29.3 Å². The molecule has 5 nitrogen and oxygen atoms in total. The van der Waals surface area contributed by atoms with Crippen LogP contribution in [0.5, 0.6) is 11.5 Å². The highest BCUT2D eigenvalue weighted by molar-refractivity contribution is 6.08. The van der Waals surface area contributed by atoms with Crippen molar-refractivity contribution in [3.8, 4) is 11.5 Å². The summed E-state index contributed by atoms with van der Waals surface area (Å²) in [7, 11) is 0. The molecule has 0 fully saturated rings. The maximum atomic E-state index is 12.7. The molecule has 5 rings (SSSR count). The zero-order chi connectivity index (χ0) is 16.8. The Balaban J connectivity index is 1.54. The quantitative estimate of drug-likeness (QED) is 0.574. The second kappa shape index (κ2) is 5.41. The molecule has 0 saturated heterocycles. The fourth-order valence-electron chi connectivity index (χ4n) is 3.30. The van der Waals surface area contributed by atoms with E-state index in [4.69, 9.17) is 13.9 Å². The van der Waals surface area contributed by atoms with Crippen LogP contribution in [0.1, 0.15) is 21.7 Å². The van der Waals surface area contributed by atoms with E-state index < -0.39 is 0 Å². The number of carbonyl (C=O) groups is 1. The van der Waals surface area contributed by atoms with Crippen molar-refractivity contribution in [2.24, 2.45) is 0 Å². The minimum absolute atomic E-state index is 0.163. The maximum Gasteiger partial charge on any atom is 0.231 e. The van der Waals surface area contributed by atoms with Crippen molar-refractivity contribution < 1.29 is 18.7 Å². The average Bonchev–Trinajstić information content (AvgIpc) is 3.26. The number of ketones is 1. The number of nitrogens with one attached hydrogen (secondary N) is 1. The molecule has 2 aliphatic rings. The second-order valence-electron chi connectivity index (χ2n) is 6.11. The van der Waals surface area contributed by atoms with Crippen molar-refractivity contribution in [2.45, 2.75) is 6.42 Å². The van der Waals surface area contributed by atoms with E-state index in [2.05, 4.69) is 5.32 Å². The van der Waals surface area contributed by atoms with Crippen molar-refractivity contribution in [3.63, 3.8) is 0 Å². The molecule has 0 spiro atoms. The third-order valence-corrected chi connectivity index (χ3v) is 4.54. The van der Waals surface area contributed by atoms with Gasteiger partial charge in [0.1, 0.15) is 5.58 Å². The summed E-state index contributed by atoms with van der Waals surface area (Å²) in [5.74, 6) is 1.65. The summed E-state index contributed by atoms with van der Waals surface area (Å²) in [5, 5.41) is 4.22. The highest BCUT2D eigenvalue weighted by Gasteiger charge is 2.22. The molecule has 3 heterocycles. The van der Waals surface area contributed by atoms with Crippen LogP contribution in [0.15, 0.2) is 53.0 Å². The first-order valence-electron chi connectivity index (χ1n) is 8.19. The Morgan fingerprint density at radius 3 is 2.80 bits per heavy atom. The molecule has 0 amide bonds. The largest absolute Gasteiger partial charge is 0.454 e. The van der Waals surface area contributed by atoms with Gasteiger partial charge in [-0.2, -0.15) is 0 Å². The van der Waals surface area contributed by atoms with Gasteiger partial charge in [0.05, 0.1) is 0 Å². The lowest BCUT2D eigenvalue weighted by Gasteiger charge is -2.21. The van der Waals surface area contributed by atoms with Crippen LogP contribution in [0.2, 0.25) is 0 Å². The van der Waals surface area contributed by atoms with Gasteiger partial charge in [-0.05, 0) is 36.2 Å². The fourth-order valence-corrected chi connectivity index (χ4v) is 3.30. The van der Waals surface area contributed by atoms with Crippen molar-refractivity contribution in [3.05, 3.63) is 65.4 Å². The highest BCUT2D eigenvalue weighted by atomic mass is 16.7. The summed E-state index contributed by atoms with van der Waals surface area (Å²) in [4.78, 5) is 12.7. The lowest BCUT2D eigenvalue weighted by molar-refractivity contribution is 0.102. The summed E-state index contributed by atoms with van der Waals surface area (Å²) in [6.07, 6.45) is 2.47. The summed E-state index contributed by atoms with van der Waals surface area (Å²) in [5.41, 5.74) is 3.61. The third kappa shape index (κ3) is 2.36. The molecule has 2 aromatic carbocycles. The molecule has 0 saturated carbocycles. The SMILES string of the molecule is O=C(C=C1NCCc2cc3c(cc21)OCO3)c1cc2ccccc2o1. The number of hydrogen-bond donors (Lipinski definition) is 1. The molecule has 124 valence electrons. The lowest BCUT2D eigenvalue weighted by Crippen LogP contribution is -2.23. The van der Waals surface area contributed by atoms with Crippen LogP contribution in [-0.2, 0) is 6.42 Å². The van der Waals surface area contributed by atoms with Gasteiger partial charge < -0.3 is 19.2 Å². The predicted molar refractivity (Wildman–Crippen MR) is 92.8 cm³/mol. The Kier molecular flexibility index (Phi) is 3.06. The molecule has 0 radical (unpaired) electrons. The van der Waals surface area contributed by atoms with E-state index >= 15 is 0 Å². The third-order valence-electron chi connectivity index (χ3n) is 4.54. The molecule has 0 bridgehead atoms. The van der Waals surface area contributed by atoms with E-state index in [1.165, 1.54) is 0 Å². The second-order valence-corrected chi connectivity index (χ2v) is 6.11. The summed E-state index contributed by atoms with van der Waals surface area (Å²) < 4.78 is 16.6. The minimum Gasteiger partial charge on any atom is -0.454 e. The molecule has 0 unspecified atom stereocenters. The number of rotatable bonds is 2. The molecule has 25 heavy (non-hydrogen) atoms. The Bertz CT molecular complexity index is 998. The van der Waals surface area contributed by atoms with E-state index in [0.29, 0.717) is 17.1 Å². The van der Waals surface area contributed by atoms with Gasteiger partial charge in [-0.3, -0.25) is 4.79 Å². The van der Waals surface area contributed by atoms with Crippen molar-refractivity contribution >= 4 is 22.4 Å². The summed E-state index contributed by atoms with van der Waals surface area (Å²) in [6, 6.07) is 13.3. The highest BCUT2D eigenvalue weighted by Crippen LogP contribution is 2.38. The van der Waals surface area contributed by atoms with Crippen molar-refractivity contribution in [1.29, 1.82) is 0 Å². The molecule has 1 aromatic heterocycles. The van der Waals surface area contributed by atoms with Crippen LogP contribution in [0.3, 0.4) is 0 Å². The van der Waals surface area contributed by atoms with Gasteiger partial charge >= 0.3 is 0 Å². The number of hydrogen-bond acceptors (Lipinski definition) is 5. The molecule has 0 atom stereocenters. The number of para-hydroxylation sites is 1. The van der Waals surface area contributed by atoms with Crippen LogP contribution in [0.4, 0.5) is 0 Å². The van der Waals surface area contributed by atoms with Gasteiger partial charge in [0.15, 0.2) is 17.3 Å². The minimum atomic E-state index is -0.163. The monoisotopic (exact) mass is 333 g/mol. The molecule has 2 aliphatic heterocycles. The zero-order valence-corrected chi connectivity index (χ0v) is 13.4. The van der Waals surface area contributed by atoms with Gasteiger partial charge in [-0.25, -0.2) is 0 Å². The first-order chi connectivity index (χ1) is 12.3. The number of ether oxygens (including phenoxy) is 2. The van der Waals surface area contributed by atoms with Crippen LogP contribution in [0, 0.1) is 0 Å². The molecule has 3 aromatic rings. The number of allylic oxidation sites excluding steroid dienone is 1. The van der Waals surface area contributed by atoms with E-state index in [0.717, 1.165) is 40.9 Å². The topological polar surface area (TPSA) is 60.7 Å². The molecule has 5 heteroatoms.